The maximum Gasteiger partial charge on any atom is 0.174 e. The van der Waals surface area contributed by atoms with Gasteiger partial charge in [-0.1, -0.05) is 60.4 Å². The molecule has 1 aliphatic rings. The summed E-state index contributed by atoms with van der Waals surface area (Å²) in [7, 11) is 0. The summed E-state index contributed by atoms with van der Waals surface area (Å²) in [6.45, 7) is 4.35. The highest BCUT2D eigenvalue weighted by molar-refractivity contribution is 8.00. The van der Waals surface area contributed by atoms with Gasteiger partial charge in [0.25, 0.3) is 0 Å². The molecule has 1 aliphatic heterocycles. The molecule has 1 saturated heterocycles. The van der Waals surface area contributed by atoms with Gasteiger partial charge in [0, 0.05) is 23.6 Å². The van der Waals surface area contributed by atoms with Gasteiger partial charge in [-0.3, -0.25) is 4.90 Å². The van der Waals surface area contributed by atoms with Crippen LogP contribution in [-0.4, -0.2) is 38.9 Å². The Bertz CT molecular complexity index is 573. The van der Waals surface area contributed by atoms with E-state index in [4.69, 9.17) is 0 Å². The molecule has 1 aromatic heterocycles. The first-order chi connectivity index (χ1) is 10.3. The standard InChI is InChI=1S/C15H19N3S3/c1-11-14(12-6-4-3-5-7-12)18(8-9-20-11)10-13-16-17-15(19-2)21-13/h3-7,11,14H,8-10H2,1-2H3/t11-,14-/m1/s1. The van der Waals surface area contributed by atoms with Gasteiger partial charge in [0.15, 0.2) is 4.34 Å². The second-order valence-corrected chi connectivity index (χ2v) is 8.67. The molecule has 3 nitrogen and oxygen atoms in total. The lowest BCUT2D eigenvalue weighted by molar-refractivity contribution is 0.191. The van der Waals surface area contributed by atoms with Crippen LogP contribution in [0, 0.1) is 0 Å². The van der Waals surface area contributed by atoms with Crippen LogP contribution in [0.5, 0.6) is 0 Å². The SMILES string of the molecule is CSc1nnc(CN2CCS[C@H](C)[C@@H]2c2ccccc2)s1. The Balaban J connectivity index is 1.80. The van der Waals surface area contributed by atoms with Gasteiger partial charge in [-0.05, 0) is 11.8 Å². The van der Waals surface area contributed by atoms with Gasteiger partial charge in [-0.2, -0.15) is 11.8 Å². The zero-order chi connectivity index (χ0) is 14.7. The van der Waals surface area contributed by atoms with E-state index in [0.29, 0.717) is 11.3 Å². The predicted octanol–water partition coefficient (Wildman–Crippen LogP) is 3.94. The van der Waals surface area contributed by atoms with Gasteiger partial charge in [0.1, 0.15) is 5.01 Å². The van der Waals surface area contributed by atoms with E-state index in [-0.39, 0.29) is 0 Å². The predicted molar refractivity (Wildman–Crippen MR) is 93.2 cm³/mol. The molecule has 2 atom stereocenters. The normalized spacial score (nSPS) is 23.3. The van der Waals surface area contributed by atoms with Crippen LogP contribution in [0.15, 0.2) is 34.7 Å². The minimum absolute atomic E-state index is 0.464. The summed E-state index contributed by atoms with van der Waals surface area (Å²) in [5, 5.41) is 10.3. The molecule has 2 aromatic rings. The van der Waals surface area contributed by atoms with Crippen LogP contribution in [0.3, 0.4) is 0 Å². The van der Waals surface area contributed by atoms with Crippen molar-refractivity contribution in [1.82, 2.24) is 15.1 Å². The second-order valence-electron chi connectivity index (χ2n) is 5.07. The van der Waals surface area contributed by atoms with Crippen molar-refractivity contribution in [3.63, 3.8) is 0 Å². The molecule has 1 fully saturated rings. The number of benzene rings is 1. The molecule has 21 heavy (non-hydrogen) atoms. The summed E-state index contributed by atoms with van der Waals surface area (Å²) in [6, 6.07) is 11.3. The summed E-state index contributed by atoms with van der Waals surface area (Å²) < 4.78 is 1.06. The van der Waals surface area contributed by atoms with Crippen molar-refractivity contribution >= 4 is 34.9 Å². The lowest BCUT2D eigenvalue weighted by atomic mass is 10.0. The van der Waals surface area contributed by atoms with Crippen LogP contribution in [-0.2, 0) is 6.54 Å². The molecule has 0 aliphatic carbocycles. The molecule has 0 bridgehead atoms. The monoisotopic (exact) mass is 337 g/mol. The molecule has 112 valence electrons. The van der Waals surface area contributed by atoms with Gasteiger partial charge in [0.2, 0.25) is 0 Å². The van der Waals surface area contributed by atoms with Crippen LogP contribution in [0.2, 0.25) is 0 Å². The Morgan fingerprint density at radius 2 is 2.10 bits per heavy atom. The van der Waals surface area contributed by atoms with Crippen molar-refractivity contribution in [2.24, 2.45) is 0 Å². The third-order valence-electron chi connectivity index (χ3n) is 3.70. The van der Waals surface area contributed by atoms with Crippen LogP contribution in [0.25, 0.3) is 0 Å². The number of thioether (sulfide) groups is 2. The lowest BCUT2D eigenvalue weighted by Crippen LogP contribution is -2.39. The van der Waals surface area contributed by atoms with E-state index in [1.54, 1.807) is 23.1 Å². The molecule has 1 aromatic carbocycles. The minimum Gasteiger partial charge on any atom is -0.288 e. The highest BCUT2D eigenvalue weighted by atomic mass is 32.2. The molecule has 0 N–H and O–H groups in total. The lowest BCUT2D eigenvalue weighted by Gasteiger charge is -2.39. The van der Waals surface area contributed by atoms with E-state index in [0.717, 1.165) is 22.4 Å². The molecule has 0 unspecified atom stereocenters. The molecule has 0 saturated carbocycles. The molecular weight excluding hydrogens is 318 g/mol. The first-order valence-corrected chi connectivity index (χ1v) is 10.1. The summed E-state index contributed by atoms with van der Waals surface area (Å²) in [5.74, 6) is 1.19. The summed E-state index contributed by atoms with van der Waals surface area (Å²) in [4.78, 5) is 2.56. The molecule has 3 rings (SSSR count). The number of rotatable bonds is 4. The van der Waals surface area contributed by atoms with Crippen LogP contribution in [0.4, 0.5) is 0 Å². The Labute approximate surface area is 138 Å². The minimum atomic E-state index is 0.464. The topological polar surface area (TPSA) is 29.0 Å². The Morgan fingerprint density at radius 1 is 1.29 bits per heavy atom. The third kappa shape index (κ3) is 3.62. The quantitative estimate of drug-likeness (QED) is 0.788. The van der Waals surface area contributed by atoms with Crippen molar-refractivity contribution in [1.29, 1.82) is 0 Å². The van der Waals surface area contributed by atoms with Crippen molar-refractivity contribution in [3.05, 3.63) is 40.9 Å². The maximum absolute atomic E-state index is 4.33. The van der Waals surface area contributed by atoms with Gasteiger partial charge in [-0.25, -0.2) is 0 Å². The van der Waals surface area contributed by atoms with E-state index in [1.807, 2.05) is 0 Å². The Kier molecular flexibility index (Phi) is 5.21. The summed E-state index contributed by atoms with van der Waals surface area (Å²) in [6.07, 6.45) is 2.05. The number of hydrogen-bond donors (Lipinski definition) is 0. The summed E-state index contributed by atoms with van der Waals surface area (Å²) >= 11 is 5.46. The molecule has 6 heteroatoms. The summed E-state index contributed by atoms with van der Waals surface area (Å²) in [5.41, 5.74) is 1.41. The van der Waals surface area contributed by atoms with Gasteiger partial charge in [-0.15, -0.1) is 10.2 Å². The van der Waals surface area contributed by atoms with E-state index in [2.05, 4.69) is 70.4 Å². The van der Waals surface area contributed by atoms with Crippen molar-refractivity contribution in [2.75, 3.05) is 18.6 Å². The van der Waals surface area contributed by atoms with Crippen molar-refractivity contribution in [3.8, 4) is 0 Å². The first kappa shape index (κ1) is 15.3. The average Bonchev–Trinajstić information content (AvgIpc) is 2.96. The van der Waals surface area contributed by atoms with Gasteiger partial charge < -0.3 is 0 Å². The molecule has 0 amide bonds. The number of hydrogen-bond acceptors (Lipinski definition) is 6. The Morgan fingerprint density at radius 3 is 2.81 bits per heavy atom. The zero-order valence-electron chi connectivity index (χ0n) is 12.2. The van der Waals surface area contributed by atoms with Crippen LogP contribution >= 0.6 is 34.9 Å². The highest BCUT2D eigenvalue weighted by Gasteiger charge is 2.30. The van der Waals surface area contributed by atoms with E-state index < -0.39 is 0 Å². The zero-order valence-corrected chi connectivity index (χ0v) is 14.7. The number of nitrogens with zero attached hydrogens (tertiary/aromatic N) is 3. The van der Waals surface area contributed by atoms with Crippen LogP contribution in [0.1, 0.15) is 23.5 Å². The number of aromatic nitrogens is 2. The largest absolute Gasteiger partial charge is 0.288 e. The highest BCUT2D eigenvalue weighted by Crippen LogP contribution is 2.37. The molecule has 0 radical (unpaired) electrons. The first-order valence-electron chi connectivity index (χ1n) is 7.05. The fraction of sp³-hybridized carbons (Fsp3) is 0.467. The average molecular weight is 338 g/mol. The smallest absolute Gasteiger partial charge is 0.174 e. The van der Waals surface area contributed by atoms with E-state index in [9.17, 15) is 0 Å². The van der Waals surface area contributed by atoms with Crippen molar-refractivity contribution in [2.45, 2.75) is 29.1 Å². The Hall–Kier alpha value is -0.560. The van der Waals surface area contributed by atoms with Crippen molar-refractivity contribution < 1.29 is 0 Å². The third-order valence-corrected chi connectivity index (χ3v) is 6.79. The van der Waals surface area contributed by atoms with E-state index >= 15 is 0 Å². The fourth-order valence-corrected chi connectivity index (χ4v) is 5.31. The van der Waals surface area contributed by atoms with E-state index in [1.165, 1.54) is 11.3 Å². The molecule has 0 spiro atoms. The fourth-order valence-electron chi connectivity index (χ4n) is 2.75. The van der Waals surface area contributed by atoms with Crippen LogP contribution < -0.4 is 0 Å². The molecule has 2 heterocycles. The maximum atomic E-state index is 4.33. The van der Waals surface area contributed by atoms with Gasteiger partial charge in [0.05, 0.1) is 6.54 Å². The molecular formula is C15H19N3S3. The van der Waals surface area contributed by atoms with Gasteiger partial charge >= 0.3 is 0 Å². The second kappa shape index (κ2) is 7.13.